The maximum atomic E-state index is 14.3. The van der Waals surface area contributed by atoms with Gasteiger partial charge >= 0.3 is 0 Å². The smallest absolute Gasteiger partial charge is 0.235 e. The summed E-state index contributed by atoms with van der Waals surface area (Å²) in [5, 5.41) is 1.53. The third kappa shape index (κ3) is 3.47. The Kier molecular flexibility index (Phi) is 5.06. The number of amides is 1. The molecule has 4 bridgehead atoms. The Bertz CT molecular complexity index is 1080. The van der Waals surface area contributed by atoms with Crippen molar-refractivity contribution in [3.05, 3.63) is 41.4 Å². The number of thiazole rings is 1. The average molecular weight is 469 g/mol. The van der Waals surface area contributed by atoms with Gasteiger partial charge in [-0.2, -0.15) is 0 Å². The standard InChI is InChI=1S/C25H29ClN4OS/c1-16-3-4-20(26)22-21(16)28-24(32-22)30(7-2-6-29-8-5-27-15-29)23(31)25-12-17-9-18(13-25)11-19(10-17)14-25/h3-5,8,15,17-19H,2,6-7,9-14H2,1H3. The molecule has 0 atom stereocenters. The molecule has 2 heterocycles. The lowest BCUT2D eigenvalue weighted by atomic mass is 9.49. The van der Waals surface area contributed by atoms with Gasteiger partial charge in [0, 0.05) is 25.5 Å². The van der Waals surface area contributed by atoms with Crippen LogP contribution in [0.5, 0.6) is 0 Å². The van der Waals surface area contributed by atoms with Crippen LogP contribution in [0.15, 0.2) is 30.9 Å². The van der Waals surface area contributed by atoms with Gasteiger partial charge < -0.3 is 4.57 Å². The quantitative estimate of drug-likeness (QED) is 0.439. The van der Waals surface area contributed by atoms with Crippen molar-refractivity contribution in [3.8, 4) is 0 Å². The first-order valence-corrected chi connectivity index (χ1v) is 13.0. The van der Waals surface area contributed by atoms with Crippen molar-refractivity contribution in [2.24, 2.45) is 23.2 Å². The van der Waals surface area contributed by atoms with Crippen LogP contribution in [0.2, 0.25) is 5.02 Å². The van der Waals surface area contributed by atoms with Gasteiger partial charge in [-0.3, -0.25) is 9.69 Å². The highest BCUT2D eigenvalue weighted by molar-refractivity contribution is 7.23. The summed E-state index contributed by atoms with van der Waals surface area (Å²) in [5.74, 6) is 2.54. The number of aromatic nitrogens is 3. The number of imidazole rings is 1. The molecule has 7 heteroatoms. The number of anilines is 1. The summed E-state index contributed by atoms with van der Waals surface area (Å²) in [6.45, 7) is 3.58. The fraction of sp³-hybridized carbons (Fsp3) is 0.560. The van der Waals surface area contributed by atoms with Crippen LogP contribution in [0.4, 0.5) is 5.13 Å². The van der Waals surface area contributed by atoms with E-state index in [4.69, 9.17) is 16.6 Å². The molecule has 0 aliphatic heterocycles. The van der Waals surface area contributed by atoms with Crippen molar-refractivity contribution in [1.29, 1.82) is 0 Å². The summed E-state index contributed by atoms with van der Waals surface area (Å²) in [5.41, 5.74) is 1.85. The van der Waals surface area contributed by atoms with Crippen LogP contribution in [0.1, 0.15) is 50.5 Å². The minimum absolute atomic E-state index is 0.180. The minimum atomic E-state index is -0.180. The van der Waals surface area contributed by atoms with Gasteiger partial charge in [-0.15, -0.1) is 0 Å². The van der Waals surface area contributed by atoms with Crippen LogP contribution in [-0.4, -0.2) is 27.0 Å². The molecule has 1 aromatic carbocycles. The van der Waals surface area contributed by atoms with E-state index in [0.29, 0.717) is 12.5 Å². The van der Waals surface area contributed by atoms with Crippen LogP contribution < -0.4 is 4.90 Å². The minimum Gasteiger partial charge on any atom is -0.337 e. The SMILES string of the molecule is Cc1ccc(Cl)c2sc(N(CCCn3ccnc3)C(=O)C34CC5CC(CC(C5)C3)C4)nc12. The maximum absolute atomic E-state index is 14.3. The molecule has 4 aliphatic rings. The van der Waals surface area contributed by atoms with Gasteiger partial charge in [-0.25, -0.2) is 9.97 Å². The van der Waals surface area contributed by atoms with E-state index in [0.717, 1.165) is 75.9 Å². The number of benzene rings is 1. The highest BCUT2D eigenvalue weighted by Crippen LogP contribution is 2.60. The van der Waals surface area contributed by atoms with Gasteiger partial charge in [0.25, 0.3) is 0 Å². The number of nitrogens with zero attached hydrogens (tertiary/aromatic N) is 4. The Balaban J connectivity index is 1.34. The van der Waals surface area contributed by atoms with E-state index in [1.807, 2.05) is 29.6 Å². The predicted octanol–water partition coefficient (Wildman–Crippen LogP) is 6.09. The zero-order valence-corrected chi connectivity index (χ0v) is 20.0. The van der Waals surface area contributed by atoms with Gasteiger partial charge in [0.05, 0.1) is 27.0 Å². The number of rotatable bonds is 6. The second-order valence-electron chi connectivity index (χ2n) is 10.3. The van der Waals surface area contributed by atoms with Gasteiger partial charge in [-0.05, 0) is 81.3 Å². The topological polar surface area (TPSA) is 51.0 Å². The van der Waals surface area contributed by atoms with Crippen molar-refractivity contribution in [2.75, 3.05) is 11.4 Å². The number of carbonyl (C=O) groups excluding carboxylic acids is 1. The molecule has 0 saturated heterocycles. The lowest BCUT2D eigenvalue weighted by Gasteiger charge is -2.56. The largest absolute Gasteiger partial charge is 0.337 e. The van der Waals surface area contributed by atoms with Crippen molar-refractivity contribution < 1.29 is 4.79 Å². The molecule has 1 amide bonds. The first-order valence-electron chi connectivity index (χ1n) is 11.8. The zero-order valence-electron chi connectivity index (χ0n) is 18.5. The number of fused-ring (bicyclic) bond motifs is 1. The van der Waals surface area contributed by atoms with Crippen molar-refractivity contribution in [1.82, 2.24) is 14.5 Å². The molecule has 32 heavy (non-hydrogen) atoms. The van der Waals surface area contributed by atoms with E-state index >= 15 is 0 Å². The number of hydrogen-bond donors (Lipinski definition) is 0. The Labute approximate surface area is 197 Å². The number of hydrogen-bond acceptors (Lipinski definition) is 4. The first kappa shape index (κ1) is 20.7. The van der Waals surface area contributed by atoms with E-state index in [9.17, 15) is 4.79 Å². The Morgan fingerprint density at radius 3 is 2.56 bits per heavy atom. The second kappa shape index (κ2) is 7.84. The van der Waals surface area contributed by atoms with Crippen LogP contribution in [0.25, 0.3) is 10.2 Å². The van der Waals surface area contributed by atoms with Gasteiger partial charge in [0.1, 0.15) is 0 Å². The number of halogens is 1. The molecule has 4 aliphatic carbocycles. The van der Waals surface area contributed by atoms with Gasteiger partial charge in [0.2, 0.25) is 5.91 Å². The number of aryl methyl sites for hydroxylation is 2. The molecule has 5 nitrogen and oxygen atoms in total. The van der Waals surface area contributed by atoms with E-state index in [1.165, 1.54) is 19.3 Å². The fourth-order valence-corrected chi connectivity index (χ4v) is 8.32. The molecule has 2 aromatic heterocycles. The van der Waals surface area contributed by atoms with E-state index < -0.39 is 0 Å². The Morgan fingerprint density at radius 2 is 1.94 bits per heavy atom. The lowest BCUT2D eigenvalue weighted by Crippen LogP contribution is -2.55. The highest BCUT2D eigenvalue weighted by atomic mass is 35.5. The molecule has 4 fully saturated rings. The van der Waals surface area contributed by atoms with Crippen molar-refractivity contribution in [3.63, 3.8) is 0 Å². The normalized spacial score (nSPS) is 28.5. The van der Waals surface area contributed by atoms with E-state index in [2.05, 4.69) is 16.5 Å². The molecule has 0 unspecified atom stereocenters. The molecule has 3 aromatic rings. The Hall–Kier alpha value is -1.92. The molecular weight excluding hydrogens is 440 g/mol. The van der Waals surface area contributed by atoms with Gasteiger partial charge in [0.15, 0.2) is 5.13 Å². The maximum Gasteiger partial charge on any atom is 0.235 e. The summed E-state index contributed by atoms with van der Waals surface area (Å²) >= 11 is 8.08. The zero-order chi connectivity index (χ0) is 21.9. The summed E-state index contributed by atoms with van der Waals surface area (Å²) in [4.78, 5) is 25.4. The third-order valence-corrected chi connectivity index (χ3v) is 9.55. The van der Waals surface area contributed by atoms with Crippen LogP contribution >= 0.6 is 22.9 Å². The van der Waals surface area contributed by atoms with E-state index in [1.54, 1.807) is 17.5 Å². The van der Waals surface area contributed by atoms with Crippen molar-refractivity contribution >= 4 is 44.2 Å². The summed E-state index contributed by atoms with van der Waals surface area (Å²) in [6, 6.07) is 3.95. The third-order valence-electron chi connectivity index (χ3n) is 8.01. The number of carbonyl (C=O) groups is 1. The van der Waals surface area contributed by atoms with Crippen LogP contribution in [-0.2, 0) is 11.3 Å². The lowest BCUT2D eigenvalue weighted by molar-refractivity contribution is -0.143. The molecular formula is C25H29ClN4OS. The monoisotopic (exact) mass is 468 g/mol. The molecule has 7 rings (SSSR count). The predicted molar refractivity (Wildman–Crippen MR) is 129 cm³/mol. The van der Waals surface area contributed by atoms with Crippen molar-refractivity contribution in [2.45, 2.75) is 58.4 Å². The molecule has 0 radical (unpaired) electrons. The molecule has 0 spiro atoms. The van der Waals surface area contributed by atoms with Crippen LogP contribution in [0.3, 0.4) is 0 Å². The highest BCUT2D eigenvalue weighted by Gasteiger charge is 2.56. The molecule has 168 valence electrons. The van der Waals surface area contributed by atoms with E-state index in [-0.39, 0.29) is 5.41 Å². The fourth-order valence-electron chi connectivity index (χ4n) is 6.98. The average Bonchev–Trinajstić information content (AvgIpc) is 3.43. The first-order chi connectivity index (χ1) is 15.5. The van der Waals surface area contributed by atoms with Crippen LogP contribution in [0, 0.1) is 30.1 Å². The molecule has 4 saturated carbocycles. The molecule has 0 N–H and O–H groups in total. The second-order valence-corrected chi connectivity index (χ2v) is 11.7. The summed E-state index contributed by atoms with van der Waals surface area (Å²) in [7, 11) is 0. The summed E-state index contributed by atoms with van der Waals surface area (Å²) in [6.07, 6.45) is 13.7. The Morgan fingerprint density at radius 1 is 1.22 bits per heavy atom. The van der Waals surface area contributed by atoms with Gasteiger partial charge in [-0.1, -0.05) is 29.0 Å². The summed E-state index contributed by atoms with van der Waals surface area (Å²) < 4.78 is 3.06.